The van der Waals surface area contributed by atoms with Crippen LogP contribution < -0.4 is 16.2 Å². The van der Waals surface area contributed by atoms with Gasteiger partial charge in [0.15, 0.2) is 11.2 Å². The molecule has 2 heterocycles. The Bertz CT molecular complexity index is 1180. The van der Waals surface area contributed by atoms with E-state index in [1.807, 2.05) is 0 Å². The molecule has 1 aromatic carbocycles. The predicted octanol–water partition coefficient (Wildman–Crippen LogP) is 3.58. The third-order valence-electron chi connectivity index (χ3n) is 5.06. The number of hydrogen-bond donors (Lipinski definition) is 2. The van der Waals surface area contributed by atoms with Gasteiger partial charge in [0, 0.05) is 25.0 Å². The number of aryl methyl sites for hydroxylation is 1. The maximum atomic E-state index is 12.9. The van der Waals surface area contributed by atoms with E-state index in [1.54, 1.807) is 43.4 Å². The van der Waals surface area contributed by atoms with Crippen LogP contribution in [0.1, 0.15) is 50.6 Å². The summed E-state index contributed by atoms with van der Waals surface area (Å²) in [6, 6.07) is 7.98. The average molecular weight is 426 g/mol. The first-order valence-corrected chi connectivity index (χ1v) is 10.7. The van der Waals surface area contributed by atoms with Crippen molar-refractivity contribution in [3.05, 3.63) is 62.3 Å². The molecule has 0 radical (unpaired) electrons. The Morgan fingerprint density at radius 1 is 1.07 bits per heavy atom. The largest absolute Gasteiger partial charge is 0.451 e. The van der Waals surface area contributed by atoms with E-state index in [2.05, 4.69) is 10.7 Å². The van der Waals surface area contributed by atoms with Crippen molar-refractivity contribution < 1.29 is 14.0 Å². The Morgan fingerprint density at radius 3 is 2.63 bits per heavy atom. The summed E-state index contributed by atoms with van der Waals surface area (Å²) in [5.74, 6) is -0.885. The number of para-hydroxylation sites is 1. The van der Waals surface area contributed by atoms with Crippen molar-refractivity contribution in [1.82, 2.24) is 10.4 Å². The van der Waals surface area contributed by atoms with E-state index in [-0.39, 0.29) is 17.1 Å². The average Bonchev–Trinajstić information content (AvgIpc) is 2.88. The van der Waals surface area contributed by atoms with Crippen molar-refractivity contribution >= 4 is 39.1 Å². The van der Waals surface area contributed by atoms with E-state index in [0.717, 1.165) is 42.5 Å². The number of nitrogens with zero attached hydrogens (tertiary/aromatic N) is 1. The first kappa shape index (κ1) is 20.3. The van der Waals surface area contributed by atoms with Gasteiger partial charge in [-0.1, -0.05) is 18.6 Å². The predicted molar refractivity (Wildman–Crippen MR) is 117 cm³/mol. The van der Waals surface area contributed by atoms with Gasteiger partial charge in [0.05, 0.1) is 10.9 Å². The second kappa shape index (κ2) is 8.41. The molecule has 0 spiro atoms. The van der Waals surface area contributed by atoms with Gasteiger partial charge >= 0.3 is 0 Å². The third kappa shape index (κ3) is 4.01. The van der Waals surface area contributed by atoms with E-state index < -0.39 is 5.91 Å². The highest BCUT2D eigenvalue weighted by molar-refractivity contribution is 7.17. The molecule has 8 heteroatoms. The monoisotopic (exact) mass is 425 g/mol. The van der Waals surface area contributed by atoms with E-state index >= 15 is 0 Å². The van der Waals surface area contributed by atoms with Gasteiger partial charge in [-0.15, -0.1) is 11.3 Å². The molecule has 0 saturated carbocycles. The maximum absolute atomic E-state index is 12.9. The molecule has 1 aliphatic rings. The number of nitrogens with one attached hydrogen (secondary N) is 2. The molecule has 1 aliphatic carbocycles. The van der Waals surface area contributed by atoms with Crippen molar-refractivity contribution in [1.29, 1.82) is 0 Å². The number of carbonyl (C=O) groups is 2. The fourth-order valence-electron chi connectivity index (χ4n) is 3.71. The molecule has 2 N–H and O–H groups in total. The topological polar surface area (TPSA) is 91.7 Å². The van der Waals surface area contributed by atoms with Crippen LogP contribution in [-0.2, 0) is 12.8 Å². The summed E-state index contributed by atoms with van der Waals surface area (Å²) >= 11 is 1.43. The molecule has 7 nitrogen and oxygen atoms in total. The van der Waals surface area contributed by atoms with Crippen LogP contribution in [0.2, 0.25) is 0 Å². The van der Waals surface area contributed by atoms with Crippen molar-refractivity contribution in [3.8, 4) is 0 Å². The Morgan fingerprint density at radius 2 is 1.83 bits per heavy atom. The Hall–Kier alpha value is -2.97. The van der Waals surface area contributed by atoms with Crippen LogP contribution in [0.15, 0.2) is 39.5 Å². The summed E-state index contributed by atoms with van der Waals surface area (Å²) in [6.45, 7) is 0. The van der Waals surface area contributed by atoms with Crippen LogP contribution in [0.3, 0.4) is 0 Å². The van der Waals surface area contributed by atoms with Gasteiger partial charge < -0.3 is 9.73 Å². The van der Waals surface area contributed by atoms with Gasteiger partial charge in [-0.05, 0) is 43.4 Å². The van der Waals surface area contributed by atoms with Crippen molar-refractivity contribution in [3.63, 3.8) is 0 Å². The number of carbonyl (C=O) groups excluding carboxylic acids is 2. The number of hydrogen-bond acceptors (Lipinski definition) is 6. The van der Waals surface area contributed by atoms with E-state index in [1.165, 1.54) is 17.4 Å². The summed E-state index contributed by atoms with van der Waals surface area (Å²) < 4.78 is 5.65. The molecule has 0 bridgehead atoms. The normalized spacial score (nSPS) is 13.7. The molecule has 0 atom stereocenters. The number of amides is 2. The molecule has 0 saturated heterocycles. The highest BCUT2D eigenvalue weighted by atomic mass is 32.1. The van der Waals surface area contributed by atoms with E-state index in [4.69, 9.17) is 4.42 Å². The van der Waals surface area contributed by atoms with Gasteiger partial charge in [0.1, 0.15) is 10.6 Å². The van der Waals surface area contributed by atoms with Gasteiger partial charge in [0.25, 0.3) is 11.8 Å². The number of fused-ring (bicyclic) bond motifs is 2. The van der Waals surface area contributed by atoms with Crippen LogP contribution in [0.4, 0.5) is 5.00 Å². The van der Waals surface area contributed by atoms with Crippen LogP contribution in [0, 0.1) is 0 Å². The maximum Gasteiger partial charge on any atom is 0.292 e. The second-order valence-corrected chi connectivity index (χ2v) is 8.63. The van der Waals surface area contributed by atoms with E-state index in [0.29, 0.717) is 21.5 Å². The summed E-state index contributed by atoms with van der Waals surface area (Å²) in [7, 11) is 3.48. The van der Waals surface area contributed by atoms with Crippen molar-refractivity contribution in [2.75, 3.05) is 19.4 Å². The highest BCUT2D eigenvalue weighted by Crippen LogP contribution is 2.37. The minimum atomic E-state index is -0.548. The zero-order valence-electron chi connectivity index (χ0n) is 16.9. The zero-order valence-corrected chi connectivity index (χ0v) is 17.7. The Balaban J connectivity index is 1.71. The van der Waals surface area contributed by atoms with Crippen LogP contribution >= 0.6 is 11.3 Å². The van der Waals surface area contributed by atoms with Crippen molar-refractivity contribution in [2.24, 2.45) is 0 Å². The summed E-state index contributed by atoms with van der Waals surface area (Å²) in [6.07, 6.45) is 4.90. The lowest BCUT2D eigenvalue weighted by atomic mass is 10.1. The standard InChI is InChI=1S/C22H23N3O4S/c1-25(2)24-21(28)19-14-9-4-3-5-11-18(14)30-22(19)23-20(27)17-12-15(26)13-8-6-7-10-16(13)29-17/h6-8,10,12H,3-5,9,11H2,1-2H3,(H,23,27)(H,24,28). The minimum absolute atomic E-state index is 0.0822. The number of thiophene rings is 1. The van der Waals surface area contributed by atoms with E-state index in [9.17, 15) is 14.4 Å². The molecule has 4 rings (SSSR count). The van der Waals surface area contributed by atoms with Gasteiger partial charge in [0.2, 0.25) is 0 Å². The minimum Gasteiger partial charge on any atom is -0.451 e. The summed E-state index contributed by atoms with van der Waals surface area (Å²) in [5, 5.41) is 5.31. The molecule has 0 fully saturated rings. The quantitative estimate of drug-likeness (QED) is 0.492. The van der Waals surface area contributed by atoms with Gasteiger partial charge in [-0.25, -0.2) is 5.01 Å². The van der Waals surface area contributed by atoms with Crippen LogP contribution in [0.25, 0.3) is 11.0 Å². The lowest BCUT2D eigenvalue weighted by molar-refractivity contribution is 0.0857. The Kier molecular flexibility index (Phi) is 5.69. The lowest BCUT2D eigenvalue weighted by Gasteiger charge is -2.14. The highest BCUT2D eigenvalue weighted by Gasteiger charge is 2.27. The SMILES string of the molecule is CN(C)NC(=O)c1c(NC(=O)c2cc(=O)c3ccccc3o2)sc2c1CCCCC2. The summed E-state index contributed by atoms with van der Waals surface area (Å²) in [4.78, 5) is 39.3. The first-order chi connectivity index (χ1) is 14.4. The summed E-state index contributed by atoms with van der Waals surface area (Å²) in [5.41, 5.74) is 4.35. The molecule has 2 aromatic heterocycles. The number of benzene rings is 1. The number of anilines is 1. The Labute approximate surface area is 177 Å². The zero-order chi connectivity index (χ0) is 21.3. The molecule has 0 aliphatic heterocycles. The van der Waals surface area contributed by atoms with Crippen LogP contribution in [0.5, 0.6) is 0 Å². The number of hydrazine groups is 1. The first-order valence-electron chi connectivity index (χ1n) is 9.91. The smallest absolute Gasteiger partial charge is 0.292 e. The molecule has 2 amide bonds. The van der Waals surface area contributed by atoms with Gasteiger partial charge in [-0.2, -0.15) is 0 Å². The number of rotatable bonds is 4. The molecular weight excluding hydrogens is 402 g/mol. The van der Waals surface area contributed by atoms with Gasteiger partial charge in [-0.3, -0.25) is 19.8 Å². The molecule has 30 heavy (non-hydrogen) atoms. The fourth-order valence-corrected chi connectivity index (χ4v) is 4.99. The second-order valence-electron chi connectivity index (χ2n) is 7.53. The fraction of sp³-hybridized carbons (Fsp3) is 0.318. The third-order valence-corrected chi connectivity index (χ3v) is 6.27. The molecule has 156 valence electrons. The molecule has 0 unspecified atom stereocenters. The van der Waals surface area contributed by atoms with Crippen LogP contribution in [-0.4, -0.2) is 30.9 Å². The lowest BCUT2D eigenvalue weighted by Crippen LogP contribution is -2.36. The van der Waals surface area contributed by atoms with Crippen molar-refractivity contribution in [2.45, 2.75) is 32.1 Å². The molecule has 3 aromatic rings. The molecular formula is C22H23N3O4S.